The van der Waals surface area contributed by atoms with Crippen LogP contribution in [0.3, 0.4) is 0 Å². The Labute approximate surface area is 122 Å². The highest BCUT2D eigenvalue weighted by atomic mass is 16.2. The summed E-state index contributed by atoms with van der Waals surface area (Å²) in [5, 5.41) is 7.12. The predicted octanol–water partition coefficient (Wildman–Crippen LogP) is 2.25. The van der Waals surface area contributed by atoms with Crippen LogP contribution in [0.1, 0.15) is 27.4 Å². The molecule has 3 rings (SSSR count). The number of carbonyl (C=O) groups excluding carboxylic acids is 1. The third-order valence-corrected chi connectivity index (χ3v) is 3.43. The van der Waals surface area contributed by atoms with Crippen LogP contribution >= 0.6 is 0 Å². The van der Waals surface area contributed by atoms with Gasteiger partial charge in [0.2, 0.25) is 0 Å². The Bertz CT molecular complexity index is 843. The highest BCUT2D eigenvalue weighted by Crippen LogP contribution is 2.17. The van der Waals surface area contributed by atoms with Gasteiger partial charge in [-0.25, -0.2) is 4.98 Å². The summed E-state index contributed by atoms with van der Waals surface area (Å²) in [4.78, 5) is 17.0. The zero-order valence-corrected chi connectivity index (χ0v) is 12.5. The molecule has 0 aromatic carbocycles. The minimum atomic E-state index is -0.181. The van der Waals surface area contributed by atoms with Crippen molar-refractivity contribution in [1.82, 2.24) is 19.2 Å². The second-order valence-corrected chi connectivity index (χ2v) is 5.23. The molecule has 0 radical (unpaired) electrons. The van der Waals surface area contributed by atoms with E-state index in [1.807, 2.05) is 50.5 Å². The SMILES string of the molecule is Cc1ccn2c(C(=O)Nc3cn(C)nc3C)c(C)nc2c1. The number of aryl methyl sites for hydroxylation is 4. The maximum atomic E-state index is 12.5. The monoisotopic (exact) mass is 283 g/mol. The Hall–Kier alpha value is -2.63. The van der Waals surface area contributed by atoms with Crippen LogP contribution in [0.25, 0.3) is 5.65 Å². The number of pyridine rings is 1. The second kappa shape index (κ2) is 4.73. The van der Waals surface area contributed by atoms with Gasteiger partial charge in [-0.1, -0.05) is 0 Å². The van der Waals surface area contributed by atoms with Gasteiger partial charge in [-0.05, 0) is 38.5 Å². The normalized spacial score (nSPS) is 11.0. The van der Waals surface area contributed by atoms with Crippen molar-refractivity contribution in [2.75, 3.05) is 5.32 Å². The minimum Gasteiger partial charge on any atom is -0.318 e. The number of aromatic nitrogens is 4. The maximum absolute atomic E-state index is 12.5. The lowest BCUT2D eigenvalue weighted by Crippen LogP contribution is -2.15. The summed E-state index contributed by atoms with van der Waals surface area (Å²) in [5.41, 5.74) is 4.65. The lowest BCUT2D eigenvalue weighted by molar-refractivity contribution is 0.102. The zero-order chi connectivity index (χ0) is 15.1. The van der Waals surface area contributed by atoms with E-state index in [2.05, 4.69) is 15.4 Å². The third kappa shape index (κ3) is 2.29. The first kappa shape index (κ1) is 13.4. The fourth-order valence-corrected chi connectivity index (χ4v) is 2.44. The highest BCUT2D eigenvalue weighted by Gasteiger charge is 2.18. The lowest BCUT2D eigenvalue weighted by atomic mass is 10.3. The molecule has 21 heavy (non-hydrogen) atoms. The molecule has 3 aromatic heterocycles. The number of fused-ring (bicyclic) bond motifs is 1. The van der Waals surface area contributed by atoms with Gasteiger partial charge in [0.1, 0.15) is 11.3 Å². The summed E-state index contributed by atoms with van der Waals surface area (Å²) < 4.78 is 3.49. The van der Waals surface area contributed by atoms with Gasteiger partial charge < -0.3 is 5.32 Å². The van der Waals surface area contributed by atoms with Crippen molar-refractivity contribution in [3.63, 3.8) is 0 Å². The number of nitrogens with zero attached hydrogens (tertiary/aromatic N) is 4. The van der Waals surface area contributed by atoms with Crippen molar-refractivity contribution in [2.24, 2.45) is 7.05 Å². The van der Waals surface area contributed by atoms with Crippen molar-refractivity contribution in [2.45, 2.75) is 20.8 Å². The molecule has 0 bridgehead atoms. The van der Waals surface area contributed by atoms with Crippen LogP contribution in [-0.2, 0) is 7.05 Å². The van der Waals surface area contributed by atoms with Gasteiger partial charge >= 0.3 is 0 Å². The highest BCUT2D eigenvalue weighted by molar-refractivity contribution is 6.04. The molecule has 0 saturated heterocycles. The van der Waals surface area contributed by atoms with E-state index >= 15 is 0 Å². The molecule has 108 valence electrons. The van der Waals surface area contributed by atoms with E-state index in [1.54, 1.807) is 10.9 Å². The van der Waals surface area contributed by atoms with E-state index in [0.717, 1.165) is 16.9 Å². The largest absolute Gasteiger partial charge is 0.318 e. The maximum Gasteiger partial charge on any atom is 0.274 e. The molecule has 0 fully saturated rings. The standard InChI is InChI=1S/C15H17N5O/c1-9-5-6-20-13(7-9)16-11(3)14(20)15(21)17-12-8-19(4)18-10(12)2/h5-8H,1-4H3,(H,17,21). The minimum absolute atomic E-state index is 0.181. The molecule has 0 unspecified atom stereocenters. The fraction of sp³-hybridized carbons (Fsp3) is 0.267. The van der Waals surface area contributed by atoms with E-state index in [0.29, 0.717) is 17.1 Å². The topological polar surface area (TPSA) is 64.2 Å². The van der Waals surface area contributed by atoms with E-state index in [9.17, 15) is 4.79 Å². The predicted molar refractivity (Wildman–Crippen MR) is 80.6 cm³/mol. The number of carbonyl (C=O) groups is 1. The van der Waals surface area contributed by atoms with Crippen molar-refractivity contribution in [3.8, 4) is 0 Å². The van der Waals surface area contributed by atoms with E-state index in [-0.39, 0.29) is 5.91 Å². The van der Waals surface area contributed by atoms with Crippen LogP contribution in [0.2, 0.25) is 0 Å². The van der Waals surface area contributed by atoms with E-state index in [1.165, 1.54) is 0 Å². The van der Waals surface area contributed by atoms with Crippen molar-refractivity contribution in [3.05, 3.63) is 47.2 Å². The first-order chi connectivity index (χ1) is 9.95. The zero-order valence-electron chi connectivity index (χ0n) is 12.5. The number of hydrogen-bond acceptors (Lipinski definition) is 3. The molecule has 0 spiro atoms. The summed E-state index contributed by atoms with van der Waals surface area (Å²) in [6.45, 7) is 5.70. The molecular weight excluding hydrogens is 266 g/mol. The smallest absolute Gasteiger partial charge is 0.274 e. The van der Waals surface area contributed by atoms with Crippen LogP contribution in [0.5, 0.6) is 0 Å². The van der Waals surface area contributed by atoms with Crippen molar-refractivity contribution in [1.29, 1.82) is 0 Å². The summed E-state index contributed by atoms with van der Waals surface area (Å²) in [5.74, 6) is -0.181. The first-order valence-electron chi connectivity index (χ1n) is 6.72. The molecule has 6 heteroatoms. The molecule has 3 aromatic rings. The van der Waals surface area contributed by atoms with Gasteiger partial charge in [0.05, 0.1) is 17.1 Å². The third-order valence-electron chi connectivity index (χ3n) is 3.43. The molecule has 0 aliphatic heterocycles. The van der Waals surface area contributed by atoms with Crippen molar-refractivity contribution >= 4 is 17.2 Å². The summed E-state index contributed by atoms with van der Waals surface area (Å²) in [7, 11) is 1.82. The summed E-state index contributed by atoms with van der Waals surface area (Å²) >= 11 is 0. The van der Waals surface area contributed by atoms with E-state index < -0.39 is 0 Å². The Kier molecular flexibility index (Phi) is 3.01. The van der Waals surface area contributed by atoms with E-state index in [4.69, 9.17) is 0 Å². The Morgan fingerprint density at radius 1 is 1.24 bits per heavy atom. The number of nitrogens with one attached hydrogen (secondary N) is 1. The molecule has 3 heterocycles. The van der Waals surface area contributed by atoms with Gasteiger partial charge in [0.15, 0.2) is 0 Å². The summed E-state index contributed by atoms with van der Waals surface area (Å²) in [6.07, 6.45) is 3.66. The van der Waals surface area contributed by atoms with Crippen LogP contribution in [0.4, 0.5) is 5.69 Å². The molecule has 1 amide bonds. The molecular formula is C15H17N5O. The first-order valence-corrected chi connectivity index (χ1v) is 6.72. The average Bonchev–Trinajstić information content (AvgIpc) is 2.87. The quantitative estimate of drug-likeness (QED) is 0.784. The molecule has 0 atom stereocenters. The van der Waals surface area contributed by atoms with Gasteiger partial charge in [0.25, 0.3) is 5.91 Å². The Morgan fingerprint density at radius 3 is 2.67 bits per heavy atom. The molecule has 0 aliphatic carbocycles. The summed E-state index contributed by atoms with van der Waals surface area (Å²) in [6, 6.07) is 3.92. The van der Waals surface area contributed by atoms with Gasteiger partial charge in [-0.2, -0.15) is 5.10 Å². The number of anilines is 1. The van der Waals surface area contributed by atoms with Crippen molar-refractivity contribution < 1.29 is 4.79 Å². The van der Waals surface area contributed by atoms with Gasteiger partial charge in [-0.3, -0.25) is 13.9 Å². The molecule has 1 N–H and O–H groups in total. The molecule has 0 aliphatic rings. The number of rotatable bonds is 2. The van der Waals surface area contributed by atoms with Crippen LogP contribution < -0.4 is 5.32 Å². The number of hydrogen-bond donors (Lipinski definition) is 1. The van der Waals surface area contributed by atoms with Gasteiger partial charge in [-0.15, -0.1) is 0 Å². The average molecular weight is 283 g/mol. The second-order valence-electron chi connectivity index (χ2n) is 5.23. The molecule has 6 nitrogen and oxygen atoms in total. The Morgan fingerprint density at radius 2 is 2.00 bits per heavy atom. The number of amides is 1. The van der Waals surface area contributed by atoms with Crippen LogP contribution in [-0.4, -0.2) is 25.1 Å². The number of imidazole rings is 1. The van der Waals surface area contributed by atoms with Crippen LogP contribution in [0.15, 0.2) is 24.5 Å². The van der Waals surface area contributed by atoms with Gasteiger partial charge in [0, 0.05) is 19.4 Å². The molecule has 0 saturated carbocycles. The van der Waals surface area contributed by atoms with Crippen LogP contribution in [0, 0.1) is 20.8 Å². The Balaban J connectivity index is 2.02. The fourth-order valence-electron chi connectivity index (χ4n) is 2.44. The lowest BCUT2D eigenvalue weighted by Gasteiger charge is -2.05.